The molecule has 0 bridgehead atoms. The number of carbonyl (C=O) groups excluding carboxylic acids is 3. The molecule has 2 aliphatic heterocycles. The van der Waals surface area contributed by atoms with Gasteiger partial charge in [-0.3, -0.25) is 19.3 Å². The van der Waals surface area contributed by atoms with Gasteiger partial charge in [-0.1, -0.05) is 112 Å². The maximum absolute atomic E-state index is 11.9. The first kappa shape index (κ1) is 25.4. The number of hydrogen-bond acceptors (Lipinski definition) is 5. The topological polar surface area (TPSA) is 57.7 Å². The first-order chi connectivity index (χ1) is 14.3. The number of fused-ring (bicyclic) bond motifs is 2. The summed E-state index contributed by atoms with van der Waals surface area (Å²) in [5.41, 5.74) is 1.10. The molecule has 3 amide bonds. The lowest BCUT2D eigenvalue weighted by Crippen LogP contribution is -2.39. The Labute approximate surface area is 218 Å². The SMILES string of the molecule is O=C1C2C=CCCC2C(=O)N1SC(Cl)(Cl)Cl.O=C1c2ccccc2C(=S)N1C(Cl)(Cl)Cl. The van der Waals surface area contributed by atoms with Gasteiger partial charge in [-0.05, 0) is 18.9 Å². The third kappa shape index (κ3) is 5.46. The molecule has 0 aromatic heterocycles. The van der Waals surface area contributed by atoms with Crippen LogP contribution in [0.25, 0.3) is 0 Å². The Morgan fingerprint density at radius 2 is 1.58 bits per heavy atom. The number of hydrogen-bond donors (Lipinski definition) is 0. The summed E-state index contributed by atoms with van der Waals surface area (Å²) in [6.07, 6.45) is 5.18. The Morgan fingerprint density at radius 1 is 0.968 bits per heavy atom. The number of carbonyl (C=O) groups is 3. The van der Waals surface area contributed by atoms with Gasteiger partial charge in [-0.15, -0.1) is 0 Å². The summed E-state index contributed by atoms with van der Waals surface area (Å²) in [5.74, 6) is -1.58. The Bertz CT molecular complexity index is 941. The van der Waals surface area contributed by atoms with Gasteiger partial charge in [0.15, 0.2) is 0 Å². The minimum atomic E-state index is -1.84. The third-order valence-electron chi connectivity index (χ3n) is 4.67. The van der Waals surface area contributed by atoms with E-state index in [1.807, 2.05) is 6.08 Å². The zero-order chi connectivity index (χ0) is 23.1. The number of nitrogens with zero attached hydrogens (tertiary/aromatic N) is 2. The lowest BCUT2D eigenvalue weighted by Gasteiger charge is -2.23. The average molecular weight is 581 g/mol. The lowest BCUT2D eigenvalue weighted by atomic mass is 9.86. The van der Waals surface area contributed by atoms with Gasteiger partial charge >= 0.3 is 0 Å². The van der Waals surface area contributed by atoms with Crippen molar-refractivity contribution < 1.29 is 14.4 Å². The fourth-order valence-electron chi connectivity index (χ4n) is 3.37. The van der Waals surface area contributed by atoms with Crippen molar-refractivity contribution in [3.8, 4) is 0 Å². The number of imide groups is 1. The molecule has 1 aliphatic carbocycles. The van der Waals surface area contributed by atoms with Crippen molar-refractivity contribution in [1.82, 2.24) is 9.21 Å². The predicted molar refractivity (Wildman–Crippen MR) is 130 cm³/mol. The van der Waals surface area contributed by atoms with Crippen molar-refractivity contribution in [2.75, 3.05) is 0 Å². The van der Waals surface area contributed by atoms with Crippen LogP contribution in [0.15, 0.2) is 36.4 Å². The van der Waals surface area contributed by atoms with Gasteiger partial charge in [0.2, 0.25) is 11.8 Å². The van der Waals surface area contributed by atoms with Crippen molar-refractivity contribution in [2.45, 2.75) is 19.9 Å². The van der Waals surface area contributed by atoms with Crippen molar-refractivity contribution in [3.63, 3.8) is 0 Å². The van der Waals surface area contributed by atoms with Crippen LogP contribution in [-0.4, -0.2) is 39.0 Å². The highest BCUT2D eigenvalue weighted by Crippen LogP contribution is 2.46. The van der Waals surface area contributed by atoms with E-state index in [1.165, 1.54) is 0 Å². The molecule has 13 heteroatoms. The summed E-state index contributed by atoms with van der Waals surface area (Å²) >= 11 is 39.4. The molecule has 1 aromatic carbocycles. The van der Waals surface area contributed by atoms with Crippen molar-refractivity contribution in [3.05, 3.63) is 47.5 Å². The molecule has 1 aromatic rings. The third-order valence-corrected chi connectivity index (χ3v) is 6.95. The number of allylic oxidation sites excluding steroid dienone is 1. The Kier molecular flexibility index (Phi) is 7.81. The molecule has 0 saturated carbocycles. The van der Waals surface area contributed by atoms with E-state index in [9.17, 15) is 14.4 Å². The van der Waals surface area contributed by atoms with E-state index >= 15 is 0 Å². The van der Waals surface area contributed by atoms with Crippen molar-refractivity contribution in [2.24, 2.45) is 11.8 Å². The highest BCUT2D eigenvalue weighted by atomic mass is 35.6. The van der Waals surface area contributed by atoms with E-state index in [0.717, 1.165) is 15.6 Å². The van der Waals surface area contributed by atoms with E-state index in [0.29, 0.717) is 29.5 Å². The molecule has 2 atom stereocenters. The first-order valence-electron chi connectivity index (χ1n) is 8.68. The molecular weight excluding hydrogens is 569 g/mol. The molecule has 1 fully saturated rings. The summed E-state index contributed by atoms with van der Waals surface area (Å²) < 4.78 is -2.55. The summed E-state index contributed by atoms with van der Waals surface area (Å²) in [6, 6.07) is 6.90. The zero-order valence-electron chi connectivity index (χ0n) is 15.2. The van der Waals surface area contributed by atoms with Gasteiger partial charge in [0.05, 0.1) is 17.4 Å². The number of amides is 3. The molecule has 3 aliphatic rings. The minimum Gasteiger partial charge on any atom is -0.273 e. The van der Waals surface area contributed by atoms with Crippen LogP contribution >= 0.6 is 93.8 Å². The molecule has 2 unspecified atom stereocenters. The molecule has 166 valence electrons. The van der Waals surface area contributed by atoms with Gasteiger partial charge in [0.25, 0.3) is 12.9 Å². The second-order valence-electron chi connectivity index (χ2n) is 6.60. The molecule has 0 radical (unpaired) electrons. The molecule has 1 saturated heterocycles. The van der Waals surface area contributed by atoms with E-state index in [1.54, 1.807) is 30.3 Å². The monoisotopic (exact) mass is 578 g/mol. The van der Waals surface area contributed by atoms with Gasteiger partial charge in [0.1, 0.15) is 4.99 Å². The van der Waals surface area contributed by atoms with Gasteiger partial charge in [-0.25, -0.2) is 4.31 Å². The fourth-order valence-corrected chi connectivity index (χ4v) is 5.67. The summed E-state index contributed by atoms with van der Waals surface area (Å²) in [5, 5.41) is 0. The maximum atomic E-state index is 11.9. The normalized spacial score (nSPS) is 23.0. The molecule has 4 rings (SSSR count). The smallest absolute Gasteiger partial charge is 0.273 e. The Hall–Kier alpha value is -0.250. The van der Waals surface area contributed by atoms with Crippen molar-refractivity contribution >= 4 is 116 Å². The second kappa shape index (κ2) is 9.55. The Morgan fingerprint density at radius 3 is 2.10 bits per heavy atom. The maximum Gasteiger partial charge on any atom is 0.275 e. The lowest BCUT2D eigenvalue weighted by molar-refractivity contribution is -0.133. The van der Waals surface area contributed by atoms with Crippen LogP contribution in [0.1, 0.15) is 28.8 Å². The zero-order valence-corrected chi connectivity index (χ0v) is 21.4. The fraction of sp³-hybridized carbons (Fsp3) is 0.333. The van der Waals surface area contributed by atoms with Crippen LogP contribution in [0.4, 0.5) is 0 Å². The quantitative estimate of drug-likeness (QED) is 0.101. The van der Waals surface area contributed by atoms with Crippen LogP contribution in [0.2, 0.25) is 0 Å². The van der Waals surface area contributed by atoms with Crippen LogP contribution in [-0.2, 0) is 9.59 Å². The Balaban J connectivity index is 0.000000176. The van der Waals surface area contributed by atoms with Gasteiger partial charge < -0.3 is 0 Å². The standard InChI is InChI=1S/C9H8Cl3NO2S.C9H4Cl3NOS/c10-9(11,12)16-13-7(14)5-3-1-2-4-6(5)8(13)15;10-9(11,12)13-7(14)5-3-1-2-4-6(5)8(13)15/h1,3,5-6H,2,4H2;1-4H. The second-order valence-corrected chi connectivity index (χ2v) is 13.3. The van der Waals surface area contributed by atoms with E-state index in [2.05, 4.69) is 0 Å². The van der Waals surface area contributed by atoms with Crippen LogP contribution < -0.4 is 0 Å². The minimum absolute atomic E-state index is 0.246. The van der Waals surface area contributed by atoms with Crippen LogP contribution in [0.3, 0.4) is 0 Å². The first-order valence-corrected chi connectivity index (χ1v) is 12.1. The van der Waals surface area contributed by atoms with E-state index in [4.69, 9.17) is 81.8 Å². The molecular formula is C18H12Cl6N2O3S2. The van der Waals surface area contributed by atoms with E-state index in [-0.39, 0.29) is 34.5 Å². The number of thiocarbonyl (C=S) groups is 1. The number of halogens is 6. The molecule has 2 heterocycles. The summed E-state index contributed by atoms with van der Waals surface area (Å²) in [7, 11) is 0. The van der Waals surface area contributed by atoms with E-state index < -0.39 is 7.04 Å². The van der Waals surface area contributed by atoms with Crippen LogP contribution in [0.5, 0.6) is 0 Å². The largest absolute Gasteiger partial charge is 0.275 e. The highest BCUT2D eigenvalue weighted by molar-refractivity contribution is 8.03. The number of rotatable bonds is 1. The molecule has 5 nitrogen and oxygen atoms in total. The average Bonchev–Trinajstić information content (AvgIpc) is 3.08. The number of benzene rings is 1. The summed E-state index contributed by atoms with van der Waals surface area (Å²) in [4.78, 5) is 36.9. The predicted octanol–water partition coefficient (Wildman–Crippen LogP) is 6.06. The van der Waals surface area contributed by atoms with Crippen molar-refractivity contribution in [1.29, 1.82) is 0 Å². The molecule has 31 heavy (non-hydrogen) atoms. The van der Waals surface area contributed by atoms with Gasteiger partial charge in [-0.2, -0.15) is 0 Å². The highest BCUT2D eigenvalue weighted by Gasteiger charge is 2.49. The summed E-state index contributed by atoms with van der Waals surface area (Å²) in [6.45, 7) is 0. The van der Waals surface area contributed by atoms with Gasteiger partial charge in [0, 0.05) is 17.5 Å². The molecule has 0 spiro atoms. The number of alkyl halides is 6. The molecule has 0 N–H and O–H groups in total. The van der Waals surface area contributed by atoms with Crippen LogP contribution in [0, 0.1) is 11.8 Å².